The van der Waals surface area contributed by atoms with Crippen LogP contribution in [0.4, 0.5) is 11.5 Å². The molecule has 4 heteroatoms. The van der Waals surface area contributed by atoms with E-state index < -0.39 is 0 Å². The van der Waals surface area contributed by atoms with E-state index in [1.54, 1.807) is 0 Å². The van der Waals surface area contributed by atoms with Gasteiger partial charge in [-0.1, -0.05) is 43.3 Å². The van der Waals surface area contributed by atoms with Crippen LogP contribution in [-0.2, 0) is 13.0 Å². The van der Waals surface area contributed by atoms with Crippen molar-refractivity contribution in [3.8, 4) is 16.9 Å². The highest BCUT2D eigenvalue weighted by Crippen LogP contribution is 2.32. The molecule has 0 amide bonds. The first-order chi connectivity index (χ1) is 14.7. The maximum Gasteiger partial charge on any atom is 0.134 e. The van der Waals surface area contributed by atoms with Gasteiger partial charge in [0.05, 0.1) is 6.61 Å². The van der Waals surface area contributed by atoms with Crippen molar-refractivity contribution in [3.63, 3.8) is 0 Å². The third kappa shape index (κ3) is 4.89. The molecule has 3 aromatic rings. The minimum absolute atomic E-state index is 0.676. The van der Waals surface area contributed by atoms with Crippen molar-refractivity contribution in [2.24, 2.45) is 0 Å². The van der Waals surface area contributed by atoms with Crippen molar-refractivity contribution in [1.82, 2.24) is 9.88 Å². The van der Waals surface area contributed by atoms with E-state index in [2.05, 4.69) is 89.9 Å². The maximum absolute atomic E-state index is 6.00. The van der Waals surface area contributed by atoms with Crippen LogP contribution in [0, 0.1) is 0 Å². The van der Waals surface area contributed by atoms with Crippen LogP contribution in [0.25, 0.3) is 11.1 Å². The molecule has 1 N–H and O–H groups in total. The number of anilines is 2. The molecule has 0 atom stereocenters. The van der Waals surface area contributed by atoms with Gasteiger partial charge in [-0.2, -0.15) is 0 Å². The standard InChI is InChI=1S/C26H29N3O/c1-3-24-25-13-14-27-26(24)28-22-11-7-9-20(17-22)19-29(2)15-5-4-6-16-30-23-12-8-10-21(25)18-23/h4-5,7-14,17-18H,3,6,15-16,19H2,1-2H3,(H,27,28). The van der Waals surface area contributed by atoms with Crippen LogP contribution in [0.2, 0.25) is 0 Å². The zero-order chi connectivity index (χ0) is 20.8. The van der Waals surface area contributed by atoms with E-state index in [-0.39, 0.29) is 0 Å². The molecular formula is C26H29N3O. The number of aromatic nitrogens is 1. The Hall–Kier alpha value is -3.11. The number of hydrogen-bond acceptors (Lipinski definition) is 4. The summed E-state index contributed by atoms with van der Waals surface area (Å²) in [6.45, 7) is 4.66. The summed E-state index contributed by atoms with van der Waals surface area (Å²) in [5.74, 6) is 1.82. The van der Waals surface area contributed by atoms with Crippen molar-refractivity contribution in [2.45, 2.75) is 26.3 Å². The lowest BCUT2D eigenvalue weighted by molar-refractivity contribution is 0.324. The molecular weight excluding hydrogens is 370 g/mol. The molecule has 4 rings (SSSR count). The second-order valence-electron chi connectivity index (χ2n) is 7.70. The molecule has 0 saturated heterocycles. The number of nitrogens with zero attached hydrogens (tertiary/aromatic N) is 2. The summed E-state index contributed by atoms with van der Waals surface area (Å²) >= 11 is 0. The molecule has 0 aliphatic carbocycles. The number of benzene rings is 2. The minimum Gasteiger partial charge on any atom is -0.493 e. The summed E-state index contributed by atoms with van der Waals surface area (Å²) in [5, 5.41) is 3.56. The summed E-state index contributed by atoms with van der Waals surface area (Å²) in [5.41, 5.74) is 5.90. The lowest BCUT2D eigenvalue weighted by Gasteiger charge is -2.17. The van der Waals surface area contributed by atoms with E-state index in [0.29, 0.717) is 6.61 Å². The molecule has 30 heavy (non-hydrogen) atoms. The third-order valence-corrected chi connectivity index (χ3v) is 5.33. The normalized spacial score (nSPS) is 14.9. The second-order valence-corrected chi connectivity index (χ2v) is 7.70. The van der Waals surface area contributed by atoms with Gasteiger partial charge in [0.1, 0.15) is 11.6 Å². The molecule has 0 fully saturated rings. The number of ether oxygens (including phenoxy) is 1. The van der Waals surface area contributed by atoms with Crippen LogP contribution in [0.1, 0.15) is 24.5 Å². The Balaban J connectivity index is 1.75. The third-order valence-electron chi connectivity index (χ3n) is 5.33. The molecule has 154 valence electrons. The quantitative estimate of drug-likeness (QED) is 0.523. The lowest BCUT2D eigenvalue weighted by Crippen LogP contribution is -2.17. The predicted octanol–water partition coefficient (Wildman–Crippen LogP) is 5.83. The molecule has 1 aliphatic rings. The number of nitrogens with one attached hydrogen (secondary N) is 1. The lowest BCUT2D eigenvalue weighted by atomic mass is 9.99. The molecule has 1 aliphatic heterocycles. The average Bonchev–Trinajstić information content (AvgIpc) is 2.76. The highest BCUT2D eigenvalue weighted by Gasteiger charge is 2.12. The van der Waals surface area contributed by atoms with Crippen molar-refractivity contribution in [3.05, 3.63) is 84.1 Å². The molecule has 0 unspecified atom stereocenters. The summed E-state index contributed by atoms with van der Waals surface area (Å²) in [4.78, 5) is 6.96. The Labute approximate surface area is 179 Å². The summed E-state index contributed by atoms with van der Waals surface area (Å²) in [6.07, 6.45) is 8.09. The Morgan fingerprint density at radius 2 is 1.97 bits per heavy atom. The van der Waals surface area contributed by atoms with Gasteiger partial charge in [-0.05, 0) is 66.9 Å². The number of rotatable bonds is 1. The molecule has 2 aromatic carbocycles. The van der Waals surface area contributed by atoms with Gasteiger partial charge in [0, 0.05) is 30.5 Å². The van der Waals surface area contributed by atoms with Gasteiger partial charge < -0.3 is 10.1 Å². The van der Waals surface area contributed by atoms with Gasteiger partial charge in [-0.25, -0.2) is 4.98 Å². The first-order valence-corrected chi connectivity index (χ1v) is 10.6. The Morgan fingerprint density at radius 3 is 2.87 bits per heavy atom. The number of likely N-dealkylation sites (N-methyl/N-ethyl adjacent to an activating group) is 1. The number of hydrogen-bond donors (Lipinski definition) is 1. The highest BCUT2D eigenvalue weighted by atomic mass is 16.5. The van der Waals surface area contributed by atoms with Gasteiger partial charge in [-0.3, -0.25) is 4.90 Å². The zero-order valence-corrected chi connectivity index (χ0v) is 17.8. The van der Waals surface area contributed by atoms with Crippen LogP contribution < -0.4 is 10.1 Å². The van der Waals surface area contributed by atoms with Crippen molar-refractivity contribution < 1.29 is 4.74 Å². The van der Waals surface area contributed by atoms with E-state index in [9.17, 15) is 0 Å². The van der Waals surface area contributed by atoms with Gasteiger partial charge in [0.15, 0.2) is 0 Å². The summed E-state index contributed by atoms with van der Waals surface area (Å²) in [6, 6.07) is 19.0. The van der Waals surface area contributed by atoms with E-state index in [1.807, 2.05) is 12.3 Å². The first kappa shape index (κ1) is 20.2. The smallest absolute Gasteiger partial charge is 0.134 e. The van der Waals surface area contributed by atoms with Crippen LogP contribution in [0.3, 0.4) is 0 Å². The average molecular weight is 400 g/mol. The van der Waals surface area contributed by atoms with E-state index in [4.69, 9.17) is 4.74 Å². The van der Waals surface area contributed by atoms with Crippen molar-refractivity contribution in [1.29, 1.82) is 0 Å². The van der Waals surface area contributed by atoms with Gasteiger partial charge >= 0.3 is 0 Å². The molecule has 0 radical (unpaired) electrons. The van der Waals surface area contributed by atoms with Crippen molar-refractivity contribution in [2.75, 3.05) is 25.5 Å². The predicted molar refractivity (Wildman–Crippen MR) is 124 cm³/mol. The molecule has 1 aromatic heterocycles. The van der Waals surface area contributed by atoms with Crippen LogP contribution in [-0.4, -0.2) is 30.1 Å². The largest absolute Gasteiger partial charge is 0.493 e. The Morgan fingerprint density at radius 1 is 1.07 bits per heavy atom. The Kier molecular flexibility index (Phi) is 6.45. The highest BCUT2D eigenvalue weighted by molar-refractivity contribution is 5.75. The van der Waals surface area contributed by atoms with E-state index >= 15 is 0 Å². The Bertz CT molecular complexity index is 1030. The van der Waals surface area contributed by atoms with Crippen LogP contribution in [0.15, 0.2) is 72.9 Å². The fourth-order valence-electron chi connectivity index (χ4n) is 3.86. The van der Waals surface area contributed by atoms with Crippen molar-refractivity contribution >= 4 is 11.5 Å². The SMILES string of the molecule is CCc1c2ccnc1Nc1cccc(c1)CN(C)CC=CCCOc1cccc-2c1. The summed E-state index contributed by atoms with van der Waals surface area (Å²) < 4.78 is 6.00. The molecule has 0 spiro atoms. The summed E-state index contributed by atoms with van der Waals surface area (Å²) in [7, 11) is 2.14. The van der Waals surface area contributed by atoms with Gasteiger partial charge in [0.25, 0.3) is 0 Å². The monoisotopic (exact) mass is 399 g/mol. The van der Waals surface area contributed by atoms with Gasteiger partial charge in [-0.15, -0.1) is 0 Å². The number of pyridine rings is 1. The zero-order valence-electron chi connectivity index (χ0n) is 17.8. The molecule has 4 nitrogen and oxygen atoms in total. The second kappa shape index (κ2) is 9.59. The fourth-order valence-corrected chi connectivity index (χ4v) is 3.86. The first-order valence-electron chi connectivity index (χ1n) is 10.6. The fraction of sp³-hybridized carbons (Fsp3) is 0.269. The topological polar surface area (TPSA) is 37.4 Å². The van der Waals surface area contributed by atoms with Crippen LogP contribution in [0.5, 0.6) is 5.75 Å². The molecule has 0 saturated carbocycles. The van der Waals surface area contributed by atoms with Crippen LogP contribution >= 0.6 is 0 Å². The molecule has 6 bridgehead atoms. The molecule has 2 heterocycles. The van der Waals surface area contributed by atoms with E-state index in [0.717, 1.165) is 48.7 Å². The maximum atomic E-state index is 6.00. The minimum atomic E-state index is 0.676. The van der Waals surface area contributed by atoms with Gasteiger partial charge in [0.2, 0.25) is 0 Å². The van der Waals surface area contributed by atoms with E-state index in [1.165, 1.54) is 16.7 Å². The number of fused-ring (bicyclic) bond motifs is 7.